The van der Waals surface area contributed by atoms with E-state index in [1.165, 1.54) is 0 Å². The van der Waals surface area contributed by atoms with Crippen molar-refractivity contribution in [1.29, 1.82) is 0 Å². The first-order valence-electron chi connectivity index (χ1n) is 21.9. The van der Waals surface area contributed by atoms with Crippen LogP contribution in [0.1, 0.15) is 115 Å². The number of rotatable bonds is 31. The summed E-state index contributed by atoms with van der Waals surface area (Å²) < 4.78 is 0. The van der Waals surface area contributed by atoms with E-state index >= 15 is 0 Å². The van der Waals surface area contributed by atoms with E-state index in [-0.39, 0.29) is 57.8 Å². The molecule has 0 saturated heterocycles. The summed E-state index contributed by atoms with van der Waals surface area (Å²) in [7, 11) is 0. The number of pyridine rings is 2. The van der Waals surface area contributed by atoms with Crippen LogP contribution in [0.2, 0.25) is 0 Å². The summed E-state index contributed by atoms with van der Waals surface area (Å²) >= 11 is 0. The third-order valence-electron chi connectivity index (χ3n) is 10.9. The summed E-state index contributed by atoms with van der Waals surface area (Å²) in [4.78, 5) is 95.0. The van der Waals surface area contributed by atoms with Gasteiger partial charge in [-0.3, -0.25) is 34.0 Å². The van der Waals surface area contributed by atoms with Crippen molar-refractivity contribution in [1.82, 2.24) is 30.8 Å². The molecule has 352 valence electrons. The molecule has 0 spiro atoms. The average Bonchev–Trinajstić information content (AvgIpc) is 3.26. The highest BCUT2D eigenvalue weighted by molar-refractivity contribution is 5.86. The molecule has 2 heterocycles. The number of carboxylic acid groups (broad SMARTS) is 4. The van der Waals surface area contributed by atoms with Gasteiger partial charge in [-0.15, -0.1) is 0 Å². The fourth-order valence-electron chi connectivity index (χ4n) is 7.37. The van der Waals surface area contributed by atoms with Gasteiger partial charge >= 0.3 is 29.9 Å². The molecule has 0 aliphatic carbocycles. The van der Waals surface area contributed by atoms with Crippen LogP contribution in [-0.4, -0.2) is 102 Å². The zero-order chi connectivity index (χ0) is 46.3. The van der Waals surface area contributed by atoms with Crippen molar-refractivity contribution in [3.8, 4) is 0 Å². The summed E-state index contributed by atoms with van der Waals surface area (Å²) in [5.74, 6) is -6.00. The van der Waals surface area contributed by atoms with E-state index < -0.39 is 54.3 Å². The Morgan fingerprint density at radius 1 is 0.554 bits per heavy atom. The minimum absolute atomic E-state index is 0. The minimum atomic E-state index is -1.50. The summed E-state index contributed by atoms with van der Waals surface area (Å²) in [5.41, 5.74) is 3.72. The molecular formula is C48H64N6O11. The van der Waals surface area contributed by atoms with Crippen LogP contribution in [0.5, 0.6) is 0 Å². The van der Waals surface area contributed by atoms with Gasteiger partial charge in [0.2, 0.25) is 5.91 Å². The van der Waals surface area contributed by atoms with Crippen molar-refractivity contribution in [3.05, 3.63) is 84.2 Å². The number of unbranched alkanes of at least 4 members (excludes halogenated alkanes) is 5. The molecule has 4 rings (SSSR count). The van der Waals surface area contributed by atoms with Crippen LogP contribution in [0, 0.1) is 5.92 Å². The van der Waals surface area contributed by atoms with E-state index in [2.05, 4.69) is 33.0 Å². The van der Waals surface area contributed by atoms with E-state index in [0.717, 1.165) is 46.0 Å². The molecule has 0 aliphatic rings. The number of nitrogens with one attached hydrogen (secondary N) is 3. The summed E-state index contributed by atoms with van der Waals surface area (Å²) in [5, 5.41) is 46.5. The Morgan fingerprint density at radius 2 is 1.09 bits per heavy atom. The number of fused-ring (bicyclic) bond motifs is 2. The van der Waals surface area contributed by atoms with Crippen molar-refractivity contribution in [2.75, 3.05) is 13.1 Å². The van der Waals surface area contributed by atoms with E-state index in [0.29, 0.717) is 64.6 Å². The van der Waals surface area contributed by atoms with Crippen molar-refractivity contribution < 1.29 is 54.0 Å². The maximum atomic E-state index is 12.8. The monoisotopic (exact) mass is 900 g/mol. The normalized spacial score (nSPS) is 12.4. The molecule has 3 atom stereocenters. The van der Waals surface area contributed by atoms with Crippen LogP contribution in [-0.2, 0) is 41.9 Å². The van der Waals surface area contributed by atoms with Gasteiger partial charge in [0.05, 0.1) is 28.3 Å². The van der Waals surface area contributed by atoms with Gasteiger partial charge in [-0.05, 0) is 82.2 Å². The van der Waals surface area contributed by atoms with Gasteiger partial charge in [-0.2, -0.15) is 0 Å². The first kappa shape index (κ1) is 52.9. The number of para-hydroxylation sites is 2. The Hall–Kier alpha value is -6.49. The lowest BCUT2D eigenvalue weighted by Gasteiger charge is -2.22. The van der Waals surface area contributed by atoms with Gasteiger partial charge in [0.15, 0.2) is 0 Å². The lowest BCUT2D eigenvalue weighted by Crippen LogP contribution is -2.51. The predicted molar refractivity (Wildman–Crippen MR) is 245 cm³/mol. The Labute approximate surface area is 379 Å². The molecule has 0 fully saturated rings. The number of nitrogens with zero attached hydrogens (tertiary/aromatic N) is 3. The van der Waals surface area contributed by atoms with Crippen molar-refractivity contribution >= 4 is 63.4 Å². The second-order valence-electron chi connectivity index (χ2n) is 16.1. The van der Waals surface area contributed by atoms with Gasteiger partial charge in [0.1, 0.15) is 17.9 Å². The summed E-state index contributed by atoms with van der Waals surface area (Å²) in [6.45, 7) is 2.20. The number of urea groups is 1. The van der Waals surface area contributed by atoms with E-state index in [9.17, 15) is 48.9 Å². The Kier molecular flexibility index (Phi) is 23.0. The van der Waals surface area contributed by atoms with Crippen molar-refractivity contribution in [2.45, 2.75) is 129 Å². The van der Waals surface area contributed by atoms with Crippen LogP contribution in [0.15, 0.2) is 72.8 Å². The highest BCUT2D eigenvalue weighted by Gasteiger charge is 2.25. The van der Waals surface area contributed by atoms with Crippen LogP contribution in [0.3, 0.4) is 0 Å². The second kappa shape index (κ2) is 28.3. The second-order valence-corrected chi connectivity index (χ2v) is 16.1. The number of hydrogen-bond acceptors (Lipinski definition) is 10. The van der Waals surface area contributed by atoms with Crippen molar-refractivity contribution in [2.24, 2.45) is 5.92 Å². The highest BCUT2D eigenvalue weighted by atomic mass is 16.4. The van der Waals surface area contributed by atoms with Gasteiger partial charge < -0.3 is 36.4 Å². The number of carbonyl (C=O) groups is 7. The minimum Gasteiger partial charge on any atom is -0.481 e. The Balaban J connectivity index is 0.0000112. The van der Waals surface area contributed by atoms with E-state index in [4.69, 9.17) is 15.1 Å². The molecule has 0 unspecified atom stereocenters. The average molecular weight is 901 g/mol. The standard InChI is InChI=1S/C47H60N6O11.CH4/c54-37(16-3-1-2-4-20-42(55)48-27-11-9-19-40(45(60)61)51-47(64)52-41(46(62)63)25-26-43(56)57)29-34(44(58)59)15-10-12-28-53(30-35-23-21-32-13-5-7-17-38(32)49-35)31-36-24-22-33-14-6-8-18-39(33)50-36;/h5-8,13-14,17-18,21-24,34,40-41H,1-4,9-12,15-16,19-20,25-31H2,(H,48,55)(H,56,57)(H,58,59)(H,60,61)(H,62,63)(H2,51,52,64);1H4/t34-,40+,41+;/m1./s1. The number of hydrogen-bond donors (Lipinski definition) is 7. The number of benzene rings is 2. The third-order valence-corrected chi connectivity index (χ3v) is 10.9. The van der Waals surface area contributed by atoms with Crippen LogP contribution in [0.4, 0.5) is 4.79 Å². The molecule has 0 aliphatic heterocycles. The lowest BCUT2D eigenvalue weighted by molar-refractivity contribution is -0.144. The molecule has 0 radical (unpaired) electrons. The van der Waals surface area contributed by atoms with Crippen molar-refractivity contribution in [3.63, 3.8) is 0 Å². The first-order chi connectivity index (χ1) is 30.8. The molecule has 65 heavy (non-hydrogen) atoms. The number of carbonyl (C=O) groups excluding carboxylic acids is 3. The first-order valence-corrected chi connectivity index (χ1v) is 21.9. The molecule has 2 aromatic carbocycles. The van der Waals surface area contributed by atoms with Gasteiger partial charge in [0, 0.05) is 56.1 Å². The van der Waals surface area contributed by atoms with Crippen LogP contribution >= 0.6 is 0 Å². The molecular weight excluding hydrogens is 837 g/mol. The number of Topliss-reactive ketones (excluding diaryl/α,β-unsaturated/α-hetero) is 1. The van der Waals surface area contributed by atoms with Crippen LogP contribution < -0.4 is 16.0 Å². The number of ketones is 1. The van der Waals surface area contributed by atoms with E-state index in [1.54, 1.807) is 0 Å². The largest absolute Gasteiger partial charge is 0.481 e. The number of carboxylic acids is 4. The Bertz CT molecular complexity index is 2120. The quantitative estimate of drug-likeness (QED) is 0.0252. The maximum absolute atomic E-state index is 12.8. The number of aliphatic carboxylic acids is 4. The van der Waals surface area contributed by atoms with Crippen LogP contribution in [0.25, 0.3) is 21.8 Å². The molecule has 7 N–H and O–H groups in total. The Morgan fingerprint density at radius 3 is 1.65 bits per heavy atom. The predicted octanol–water partition coefficient (Wildman–Crippen LogP) is 6.95. The lowest BCUT2D eigenvalue weighted by atomic mass is 9.94. The zero-order valence-electron chi connectivity index (χ0n) is 36.1. The maximum Gasteiger partial charge on any atom is 0.326 e. The van der Waals surface area contributed by atoms with Gasteiger partial charge in [0.25, 0.3) is 0 Å². The third kappa shape index (κ3) is 19.8. The molecule has 0 bridgehead atoms. The molecule has 17 heteroatoms. The summed E-state index contributed by atoms with van der Waals surface area (Å²) in [6, 6.07) is 20.3. The smallest absolute Gasteiger partial charge is 0.326 e. The fourth-order valence-corrected chi connectivity index (χ4v) is 7.37. The summed E-state index contributed by atoms with van der Waals surface area (Å²) in [6.07, 6.45) is 4.89. The number of amides is 3. The molecule has 0 saturated carbocycles. The SMILES string of the molecule is C.O=C(O)CC[C@H](NC(=O)N[C@@H](CCCCNC(=O)CCCCCCC(=O)C[C@@H](CCCCN(Cc1ccc2ccccc2n1)Cc1ccc2ccccc2n1)C(=O)O)C(=O)O)C(=O)O. The molecule has 3 amide bonds. The number of aromatic nitrogens is 2. The molecule has 2 aromatic heterocycles. The van der Waals surface area contributed by atoms with E-state index in [1.807, 2.05) is 60.7 Å². The molecule has 4 aromatic rings. The highest BCUT2D eigenvalue weighted by Crippen LogP contribution is 2.20. The topological polar surface area (TPSA) is 266 Å². The van der Waals surface area contributed by atoms with Gasteiger partial charge in [-0.1, -0.05) is 75.2 Å². The van der Waals surface area contributed by atoms with Gasteiger partial charge in [-0.25, -0.2) is 14.4 Å². The zero-order valence-corrected chi connectivity index (χ0v) is 36.1. The fraction of sp³-hybridized carbons (Fsp3) is 0.479. The molecule has 17 nitrogen and oxygen atoms in total.